The first-order valence-electron chi connectivity index (χ1n) is 9.94. The Hall–Kier alpha value is -2.73. The fourth-order valence-corrected chi connectivity index (χ4v) is 3.80. The standard InChI is InChI=1S/C23H30N2O4/c1-17-8-5-6-9-18(17)16-24-12-7-13-25(15-14-24)23(26)19-10-11-20(27-2)22(29-4)21(19)28-3/h5-6,8-11H,7,12-16H2,1-4H3. The molecule has 1 saturated heterocycles. The van der Waals surface area contributed by atoms with Crippen molar-refractivity contribution in [1.82, 2.24) is 9.80 Å². The van der Waals surface area contributed by atoms with Crippen molar-refractivity contribution in [3.63, 3.8) is 0 Å². The van der Waals surface area contributed by atoms with Crippen molar-refractivity contribution in [2.24, 2.45) is 0 Å². The molecule has 29 heavy (non-hydrogen) atoms. The molecule has 2 aromatic carbocycles. The van der Waals surface area contributed by atoms with Crippen LogP contribution in [0.2, 0.25) is 0 Å². The molecule has 3 rings (SSSR count). The van der Waals surface area contributed by atoms with E-state index in [9.17, 15) is 4.79 Å². The van der Waals surface area contributed by atoms with Crippen LogP contribution in [0.15, 0.2) is 36.4 Å². The maximum Gasteiger partial charge on any atom is 0.257 e. The molecule has 0 bridgehead atoms. The highest BCUT2D eigenvalue weighted by molar-refractivity contribution is 5.98. The Morgan fingerprint density at radius 2 is 1.66 bits per heavy atom. The highest BCUT2D eigenvalue weighted by Gasteiger charge is 2.26. The highest BCUT2D eigenvalue weighted by atomic mass is 16.5. The van der Waals surface area contributed by atoms with Gasteiger partial charge in [0.1, 0.15) is 0 Å². The van der Waals surface area contributed by atoms with E-state index < -0.39 is 0 Å². The number of aryl methyl sites for hydroxylation is 1. The number of carbonyl (C=O) groups excluding carboxylic acids is 1. The summed E-state index contributed by atoms with van der Waals surface area (Å²) in [7, 11) is 4.65. The summed E-state index contributed by atoms with van der Waals surface area (Å²) in [5, 5.41) is 0. The van der Waals surface area contributed by atoms with Crippen LogP contribution in [0.1, 0.15) is 27.9 Å². The summed E-state index contributed by atoms with van der Waals surface area (Å²) in [6.07, 6.45) is 0.938. The molecule has 0 atom stereocenters. The third-order valence-corrected chi connectivity index (χ3v) is 5.47. The third kappa shape index (κ3) is 4.65. The quantitative estimate of drug-likeness (QED) is 0.747. The van der Waals surface area contributed by atoms with Gasteiger partial charge in [0, 0.05) is 32.7 Å². The number of benzene rings is 2. The van der Waals surface area contributed by atoms with E-state index in [1.807, 2.05) is 4.90 Å². The summed E-state index contributed by atoms with van der Waals surface area (Å²) < 4.78 is 16.3. The van der Waals surface area contributed by atoms with Gasteiger partial charge in [-0.25, -0.2) is 0 Å². The first-order valence-corrected chi connectivity index (χ1v) is 9.94. The molecule has 1 heterocycles. The largest absolute Gasteiger partial charge is 0.493 e. The second-order valence-corrected chi connectivity index (χ2v) is 7.23. The predicted molar refractivity (Wildman–Crippen MR) is 113 cm³/mol. The van der Waals surface area contributed by atoms with Crippen LogP contribution in [0.4, 0.5) is 0 Å². The molecule has 0 saturated carbocycles. The average molecular weight is 399 g/mol. The minimum atomic E-state index is -0.0412. The second kappa shape index (κ2) is 9.65. The van der Waals surface area contributed by atoms with Crippen molar-refractivity contribution in [3.8, 4) is 17.2 Å². The Balaban J connectivity index is 1.73. The summed E-state index contributed by atoms with van der Waals surface area (Å²) in [6.45, 7) is 6.28. The average Bonchev–Trinajstić information content (AvgIpc) is 2.99. The fraction of sp³-hybridized carbons (Fsp3) is 0.435. The van der Waals surface area contributed by atoms with Gasteiger partial charge in [-0.2, -0.15) is 0 Å². The van der Waals surface area contributed by atoms with Crippen molar-refractivity contribution >= 4 is 5.91 Å². The van der Waals surface area contributed by atoms with E-state index in [1.165, 1.54) is 11.1 Å². The molecule has 0 aliphatic carbocycles. The Labute approximate surface area is 173 Å². The summed E-state index contributed by atoms with van der Waals surface area (Å²) in [6, 6.07) is 12.0. The first kappa shape index (κ1) is 21.0. The number of amides is 1. The van der Waals surface area contributed by atoms with Crippen molar-refractivity contribution in [2.45, 2.75) is 19.9 Å². The van der Waals surface area contributed by atoms with Crippen molar-refractivity contribution in [1.29, 1.82) is 0 Å². The van der Waals surface area contributed by atoms with Crippen LogP contribution < -0.4 is 14.2 Å². The smallest absolute Gasteiger partial charge is 0.257 e. The van der Waals surface area contributed by atoms with E-state index in [1.54, 1.807) is 33.5 Å². The summed E-state index contributed by atoms with van der Waals surface area (Å²) in [4.78, 5) is 17.6. The van der Waals surface area contributed by atoms with Gasteiger partial charge in [0.05, 0.1) is 26.9 Å². The van der Waals surface area contributed by atoms with Crippen LogP contribution in [0.25, 0.3) is 0 Å². The summed E-state index contributed by atoms with van der Waals surface area (Å²) in [5.41, 5.74) is 3.14. The Bertz CT molecular complexity index is 853. The van der Waals surface area contributed by atoms with E-state index in [4.69, 9.17) is 14.2 Å². The molecule has 0 aromatic heterocycles. The third-order valence-electron chi connectivity index (χ3n) is 5.47. The van der Waals surface area contributed by atoms with Gasteiger partial charge in [-0.05, 0) is 36.6 Å². The normalized spacial score (nSPS) is 15.0. The summed E-state index contributed by atoms with van der Waals surface area (Å²) >= 11 is 0. The van der Waals surface area contributed by atoms with Gasteiger partial charge in [0.2, 0.25) is 5.75 Å². The molecule has 1 amide bonds. The number of rotatable bonds is 6. The molecule has 2 aromatic rings. The van der Waals surface area contributed by atoms with E-state index >= 15 is 0 Å². The lowest BCUT2D eigenvalue weighted by molar-refractivity contribution is 0.0757. The van der Waals surface area contributed by atoms with Crippen LogP contribution in [-0.4, -0.2) is 63.2 Å². The monoisotopic (exact) mass is 398 g/mol. The lowest BCUT2D eigenvalue weighted by atomic mass is 10.1. The van der Waals surface area contributed by atoms with Crippen molar-refractivity contribution in [2.75, 3.05) is 47.5 Å². The van der Waals surface area contributed by atoms with E-state index in [0.29, 0.717) is 29.4 Å². The Morgan fingerprint density at radius 1 is 0.897 bits per heavy atom. The zero-order valence-corrected chi connectivity index (χ0v) is 17.7. The second-order valence-electron chi connectivity index (χ2n) is 7.23. The number of carbonyl (C=O) groups is 1. The van der Waals surface area contributed by atoms with Gasteiger partial charge in [-0.15, -0.1) is 0 Å². The van der Waals surface area contributed by atoms with Gasteiger partial charge in [0.15, 0.2) is 11.5 Å². The lowest BCUT2D eigenvalue weighted by Crippen LogP contribution is -2.35. The highest BCUT2D eigenvalue weighted by Crippen LogP contribution is 2.40. The minimum Gasteiger partial charge on any atom is -0.493 e. The molecule has 0 N–H and O–H groups in total. The van der Waals surface area contributed by atoms with Crippen molar-refractivity contribution in [3.05, 3.63) is 53.1 Å². The SMILES string of the molecule is COc1ccc(C(=O)N2CCCN(Cc3ccccc3C)CC2)c(OC)c1OC. The van der Waals surface area contributed by atoms with Crippen LogP contribution in [0.5, 0.6) is 17.2 Å². The van der Waals surface area contributed by atoms with Crippen LogP contribution in [0, 0.1) is 6.92 Å². The topological polar surface area (TPSA) is 51.2 Å². The number of ether oxygens (including phenoxy) is 3. The van der Waals surface area contributed by atoms with Gasteiger partial charge >= 0.3 is 0 Å². The van der Waals surface area contributed by atoms with E-state index in [2.05, 4.69) is 36.1 Å². The number of methoxy groups -OCH3 is 3. The van der Waals surface area contributed by atoms with Gasteiger partial charge in [-0.1, -0.05) is 24.3 Å². The molecule has 6 nitrogen and oxygen atoms in total. The fourth-order valence-electron chi connectivity index (χ4n) is 3.80. The number of nitrogens with zero attached hydrogens (tertiary/aromatic N) is 2. The number of hydrogen-bond acceptors (Lipinski definition) is 5. The summed E-state index contributed by atoms with van der Waals surface area (Å²) in [5.74, 6) is 1.36. The molecular formula is C23H30N2O4. The Kier molecular flexibility index (Phi) is 6.99. The number of hydrogen-bond donors (Lipinski definition) is 0. The van der Waals surface area contributed by atoms with Crippen LogP contribution >= 0.6 is 0 Å². The lowest BCUT2D eigenvalue weighted by Gasteiger charge is -2.24. The molecule has 156 valence electrons. The molecule has 6 heteroatoms. The molecule has 1 aliphatic rings. The molecule has 1 aliphatic heterocycles. The Morgan fingerprint density at radius 3 is 2.34 bits per heavy atom. The van der Waals surface area contributed by atoms with Gasteiger partial charge in [0.25, 0.3) is 5.91 Å². The molecular weight excluding hydrogens is 368 g/mol. The zero-order valence-electron chi connectivity index (χ0n) is 17.7. The van der Waals surface area contributed by atoms with Crippen LogP contribution in [0.3, 0.4) is 0 Å². The predicted octanol–water partition coefficient (Wildman–Crippen LogP) is 3.37. The maximum atomic E-state index is 13.3. The van der Waals surface area contributed by atoms with Gasteiger partial charge < -0.3 is 19.1 Å². The van der Waals surface area contributed by atoms with E-state index in [-0.39, 0.29) is 5.91 Å². The molecule has 1 fully saturated rings. The van der Waals surface area contributed by atoms with Crippen molar-refractivity contribution < 1.29 is 19.0 Å². The maximum absolute atomic E-state index is 13.3. The molecule has 0 unspecified atom stereocenters. The molecule has 0 spiro atoms. The van der Waals surface area contributed by atoms with Gasteiger partial charge in [-0.3, -0.25) is 9.69 Å². The minimum absolute atomic E-state index is 0.0412. The zero-order chi connectivity index (χ0) is 20.8. The first-order chi connectivity index (χ1) is 14.1. The van der Waals surface area contributed by atoms with Crippen LogP contribution in [-0.2, 0) is 6.54 Å². The van der Waals surface area contributed by atoms with E-state index in [0.717, 1.165) is 32.6 Å². The molecule has 0 radical (unpaired) electrons.